The number of alkyl halides is 1. The molecule has 0 amide bonds. The molecular weight excluding hydrogens is 239 g/mol. The van der Waals surface area contributed by atoms with Crippen LogP contribution in [-0.4, -0.2) is 22.4 Å². The van der Waals surface area contributed by atoms with Crippen LogP contribution in [0.2, 0.25) is 0 Å². The Balaban J connectivity index is 2.59. The van der Waals surface area contributed by atoms with Gasteiger partial charge in [0.15, 0.2) is 0 Å². The first-order chi connectivity index (χ1) is 4.72. The molecule has 1 aliphatic rings. The summed E-state index contributed by atoms with van der Waals surface area (Å²) >= 11 is 2.38. The number of hydrogen-bond acceptors (Lipinski definition) is 2. The van der Waals surface area contributed by atoms with Crippen molar-refractivity contribution < 1.29 is 0 Å². The molecule has 1 rings (SSSR count). The molecule has 0 bridgehead atoms. The van der Waals surface area contributed by atoms with Gasteiger partial charge in [0, 0.05) is 15.6 Å². The van der Waals surface area contributed by atoms with Crippen molar-refractivity contribution in [1.29, 1.82) is 5.41 Å². The standard InChI is InChI=1S/C7H11IN2/c1-5(9)6-2-3-10-4-7(6)8/h3,6-7,9H,2,4H2,1H3. The van der Waals surface area contributed by atoms with Crippen molar-refractivity contribution in [1.82, 2.24) is 0 Å². The monoisotopic (exact) mass is 250 g/mol. The Morgan fingerprint density at radius 2 is 2.50 bits per heavy atom. The van der Waals surface area contributed by atoms with E-state index in [0.29, 0.717) is 9.84 Å². The van der Waals surface area contributed by atoms with E-state index in [1.54, 1.807) is 0 Å². The van der Waals surface area contributed by atoms with Crippen LogP contribution in [0.1, 0.15) is 13.3 Å². The van der Waals surface area contributed by atoms with Crippen LogP contribution in [0.4, 0.5) is 0 Å². The molecule has 0 aromatic rings. The van der Waals surface area contributed by atoms with Crippen LogP contribution in [0.3, 0.4) is 0 Å². The van der Waals surface area contributed by atoms with E-state index in [-0.39, 0.29) is 0 Å². The van der Waals surface area contributed by atoms with E-state index in [1.165, 1.54) is 0 Å². The van der Waals surface area contributed by atoms with Gasteiger partial charge in [-0.05, 0) is 19.6 Å². The highest BCUT2D eigenvalue weighted by atomic mass is 127. The zero-order chi connectivity index (χ0) is 7.56. The van der Waals surface area contributed by atoms with Gasteiger partial charge in [-0.1, -0.05) is 22.6 Å². The largest absolute Gasteiger partial charge is 0.310 e. The third kappa shape index (κ3) is 1.78. The zero-order valence-electron chi connectivity index (χ0n) is 5.97. The van der Waals surface area contributed by atoms with E-state index in [4.69, 9.17) is 5.41 Å². The van der Waals surface area contributed by atoms with Crippen LogP contribution in [0.25, 0.3) is 0 Å². The fourth-order valence-corrected chi connectivity index (χ4v) is 2.15. The maximum atomic E-state index is 7.45. The second kappa shape index (κ2) is 3.46. The second-order valence-electron chi connectivity index (χ2n) is 2.59. The average Bonchev–Trinajstić information content (AvgIpc) is 1.88. The Hall–Kier alpha value is 0.0700. The Morgan fingerprint density at radius 3 is 2.90 bits per heavy atom. The molecule has 1 N–H and O–H groups in total. The first-order valence-electron chi connectivity index (χ1n) is 3.39. The van der Waals surface area contributed by atoms with E-state index in [2.05, 4.69) is 27.6 Å². The molecule has 1 heterocycles. The number of nitrogens with one attached hydrogen (secondary N) is 1. The molecule has 0 spiro atoms. The number of aliphatic imine (C=N–C) groups is 1. The molecule has 0 aromatic carbocycles. The Kier molecular flexibility index (Phi) is 2.82. The SMILES string of the molecule is CC(=N)C1CC=NCC1I. The number of rotatable bonds is 1. The first kappa shape index (κ1) is 8.17. The van der Waals surface area contributed by atoms with Crippen LogP contribution >= 0.6 is 22.6 Å². The van der Waals surface area contributed by atoms with Gasteiger partial charge in [-0.25, -0.2) is 0 Å². The molecule has 0 fully saturated rings. The zero-order valence-corrected chi connectivity index (χ0v) is 8.13. The summed E-state index contributed by atoms with van der Waals surface area (Å²) in [4.78, 5) is 4.16. The summed E-state index contributed by atoms with van der Waals surface area (Å²) in [5, 5.41) is 7.45. The maximum Gasteiger partial charge on any atom is 0.0509 e. The molecule has 0 saturated carbocycles. The lowest BCUT2D eigenvalue weighted by atomic mass is 9.95. The van der Waals surface area contributed by atoms with E-state index in [1.807, 2.05) is 13.1 Å². The molecule has 0 aliphatic carbocycles. The van der Waals surface area contributed by atoms with Crippen LogP contribution in [-0.2, 0) is 0 Å². The van der Waals surface area contributed by atoms with Crippen molar-refractivity contribution >= 4 is 34.5 Å². The molecule has 0 saturated heterocycles. The minimum atomic E-state index is 0.443. The average molecular weight is 250 g/mol. The molecule has 10 heavy (non-hydrogen) atoms. The summed E-state index contributed by atoms with van der Waals surface area (Å²) in [6, 6.07) is 0. The molecule has 0 aromatic heterocycles. The van der Waals surface area contributed by atoms with Crippen LogP contribution < -0.4 is 0 Å². The minimum absolute atomic E-state index is 0.443. The minimum Gasteiger partial charge on any atom is -0.310 e. The topological polar surface area (TPSA) is 36.2 Å². The van der Waals surface area contributed by atoms with Crippen LogP contribution in [0, 0.1) is 11.3 Å². The number of halogens is 1. The van der Waals surface area contributed by atoms with Gasteiger partial charge in [0.2, 0.25) is 0 Å². The van der Waals surface area contributed by atoms with E-state index >= 15 is 0 Å². The highest BCUT2D eigenvalue weighted by molar-refractivity contribution is 14.1. The fraction of sp³-hybridized carbons (Fsp3) is 0.714. The lowest BCUT2D eigenvalue weighted by molar-refractivity contribution is 0.670. The summed E-state index contributed by atoms with van der Waals surface area (Å²) in [7, 11) is 0. The van der Waals surface area contributed by atoms with E-state index in [0.717, 1.165) is 18.7 Å². The molecule has 2 atom stereocenters. The van der Waals surface area contributed by atoms with Crippen LogP contribution in [0.15, 0.2) is 4.99 Å². The molecular formula is C7H11IN2. The highest BCUT2D eigenvalue weighted by Crippen LogP contribution is 2.21. The quantitative estimate of drug-likeness (QED) is 0.419. The molecule has 2 nitrogen and oxygen atoms in total. The van der Waals surface area contributed by atoms with Gasteiger partial charge < -0.3 is 5.41 Å². The normalized spacial score (nSPS) is 32.2. The van der Waals surface area contributed by atoms with Crippen molar-refractivity contribution in [3.8, 4) is 0 Å². The highest BCUT2D eigenvalue weighted by Gasteiger charge is 2.21. The van der Waals surface area contributed by atoms with Crippen molar-refractivity contribution in [3.05, 3.63) is 0 Å². The maximum absolute atomic E-state index is 7.45. The summed E-state index contributed by atoms with van der Waals surface area (Å²) in [5.41, 5.74) is 0.797. The van der Waals surface area contributed by atoms with Crippen molar-refractivity contribution in [2.75, 3.05) is 6.54 Å². The summed E-state index contributed by atoms with van der Waals surface area (Å²) < 4.78 is 0.542. The van der Waals surface area contributed by atoms with Gasteiger partial charge in [0.1, 0.15) is 0 Å². The van der Waals surface area contributed by atoms with Crippen molar-refractivity contribution in [2.24, 2.45) is 10.9 Å². The van der Waals surface area contributed by atoms with Gasteiger partial charge in [-0.3, -0.25) is 4.99 Å². The number of nitrogens with zero attached hydrogens (tertiary/aromatic N) is 1. The van der Waals surface area contributed by atoms with Gasteiger partial charge in [-0.15, -0.1) is 0 Å². The summed E-state index contributed by atoms with van der Waals surface area (Å²) in [5.74, 6) is 0.443. The molecule has 0 radical (unpaired) electrons. The predicted molar refractivity (Wildman–Crippen MR) is 52.7 cm³/mol. The molecule has 3 heteroatoms. The van der Waals surface area contributed by atoms with Gasteiger partial charge in [0.05, 0.1) is 6.54 Å². The molecule has 1 aliphatic heterocycles. The van der Waals surface area contributed by atoms with E-state index < -0.39 is 0 Å². The summed E-state index contributed by atoms with van der Waals surface area (Å²) in [6.07, 6.45) is 2.90. The van der Waals surface area contributed by atoms with Gasteiger partial charge in [-0.2, -0.15) is 0 Å². The van der Waals surface area contributed by atoms with Crippen molar-refractivity contribution in [3.63, 3.8) is 0 Å². The smallest absolute Gasteiger partial charge is 0.0509 e. The van der Waals surface area contributed by atoms with Crippen molar-refractivity contribution in [2.45, 2.75) is 17.3 Å². The lowest BCUT2D eigenvalue weighted by Crippen LogP contribution is -2.27. The molecule has 56 valence electrons. The Bertz CT molecular complexity index is 165. The summed E-state index contributed by atoms with van der Waals surface area (Å²) in [6.45, 7) is 2.77. The predicted octanol–water partition coefficient (Wildman–Crippen LogP) is 1.92. The molecule has 2 unspecified atom stereocenters. The van der Waals surface area contributed by atoms with Gasteiger partial charge >= 0.3 is 0 Å². The number of hydrogen-bond donors (Lipinski definition) is 1. The second-order valence-corrected chi connectivity index (χ2v) is 4.19. The first-order valence-corrected chi connectivity index (χ1v) is 4.64. The van der Waals surface area contributed by atoms with E-state index in [9.17, 15) is 0 Å². The fourth-order valence-electron chi connectivity index (χ4n) is 1.09. The third-order valence-corrected chi connectivity index (χ3v) is 3.02. The Labute approximate surface area is 74.8 Å². The van der Waals surface area contributed by atoms with Gasteiger partial charge in [0.25, 0.3) is 0 Å². The Morgan fingerprint density at radius 1 is 1.80 bits per heavy atom. The third-order valence-electron chi connectivity index (χ3n) is 1.76. The van der Waals surface area contributed by atoms with Crippen LogP contribution in [0.5, 0.6) is 0 Å². The lowest BCUT2D eigenvalue weighted by Gasteiger charge is -2.21.